The SMILES string of the molecule is Cc1ccc(Cl)c2c1[C@@H]1CNC[C@]1(C)OC2. The third kappa shape index (κ3) is 1.33. The summed E-state index contributed by atoms with van der Waals surface area (Å²) in [6.45, 7) is 6.93. The van der Waals surface area contributed by atoms with Crippen LogP contribution >= 0.6 is 11.6 Å². The molecule has 2 nitrogen and oxygen atoms in total. The Kier molecular flexibility index (Phi) is 2.29. The highest BCUT2D eigenvalue weighted by atomic mass is 35.5. The van der Waals surface area contributed by atoms with Crippen LogP contribution in [0.25, 0.3) is 0 Å². The van der Waals surface area contributed by atoms with Gasteiger partial charge in [0.2, 0.25) is 0 Å². The molecular formula is C13H16ClNO. The minimum Gasteiger partial charge on any atom is -0.369 e. The van der Waals surface area contributed by atoms with Gasteiger partial charge in [-0.05, 0) is 31.0 Å². The van der Waals surface area contributed by atoms with E-state index in [0.29, 0.717) is 12.5 Å². The quantitative estimate of drug-likeness (QED) is 0.749. The van der Waals surface area contributed by atoms with Crippen LogP contribution in [0.4, 0.5) is 0 Å². The second-order valence-electron chi connectivity index (χ2n) is 5.04. The fourth-order valence-corrected chi connectivity index (χ4v) is 3.21. The molecule has 0 saturated carbocycles. The number of hydrogen-bond donors (Lipinski definition) is 1. The lowest BCUT2D eigenvalue weighted by atomic mass is 9.79. The summed E-state index contributed by atoms with van der Waals surface area (Å²) < 4.78 is 6.00. The Morgan fingerprint density at radius 3 is 3.12 bits per heavy atom. The number of benzene rings is 1. The lowest BCUT2D eigenvalue weighted by Gasteiger charge is -2.38. The van der Waals surface area contributed by atoms with Crippen molar-refractivity contribution in [2.45, 2.75) is 32.0 Å². The first kappa shape index (κ1) is 10.6. The van der Waals surface area contributed by atoms with E-state index in [1.165, 1.54) is 16.7 Å². The number of aryl methyl sites for hydroxylation is 1. The zero-order valence-corrected chi connectivity index (χ0v) is 10.4. The summed E-state index contributed by atoms with van der Waals surface area (Å²) in [5.74, 6) is 0.440. The Morgan fingerprint density at radius 1 is 1.50 bits per heavy atom. The van der Waals surface area contributed by atoms with Crippen molar-refractivity contribution in [3.8, 4) is 0 Å². The van der Waals surface area contributed by atoms with E-state index in [2.05, 4.69) is 25.2 Å². The standard InChI is InChI=1S/C13H16ClNO/c1-8-3-4-11(14)9-6-16-13(2)7-15-5-10(13)12(8)9/h3-4,10,15H,5-7H2,1-2H3/t10-,13-/m0/s1. The molecule has 0 spiro atoms. The van der Waals surface area contributed by atoms with Gasteiger partial charge in [0.15, 0.2) is 0 Å². The van der Waals surface area contributed by atoms with Crippen LogP contribution in [0, 0.1) is 6.92 Å². The number of halogens is 1. The monoisotopic (exact) mass is 237 g/mol. The number of ether oxygens (including phenoxy) is 1. The number of nitrogens with one attached hydrogen (secondary N) is 1. The van der Waals surface area contributed by atoms with E-state index in [9.17, 15) is 0 Å². The molecule has 0 aromatic heterocycles. The number of rotatable bonds is 0. The predicted octanol–water partition coefficient (Wildman–Crippen LogP) is 2.62. The van der Waals surface area contributed by atoms with Crippen LogP contribution in [0.5, 0.6) is 0 Å². The van der Waals surface area contributed by atoms with Crippen molar-refractivity contribution in [1.29, 1.82) is 0 Å². The van der Waals surface area contributed by atoms with Gasteiger partial charge < -0.3 is 10.1 Å². The molecule has 1 aromatic carbocycles. The molecule has 2 heterocycles. The lowest BCUT2D eigenvalue weighted by Crippen LogP contribution is -2.40. The molecule has 1 saturated heterocycles. The molecule has 0 aliphatic carbocycles. The molecule has 0 radical (unpaired) electrons. The first-order valence-corrected chi connectivity index (χ1v) is 6.12. The smallest absolute Gasteiger partial charge is 0.0863 e. The van der Waals surface area contributed by atoms with E-state index >= 15 is 0 Å². The van der Waals surface area contributed by atoms with Gasteiger partial charge in [-0.2, -0.15) is 0 Å². The molecule has 0 unspecified atom stereocenters. The van der Waals surface area contributed by atoms with Crippen molar-refractivity contribution in [2.24, 2.45) is 0 Å². The van der Waals surface area contributed by atoms with Crippen LogP contribution < -0.4 is 5.32 Å². The molecule has 3 rings (SSSR count). The predicted molar refractivity (Wildman–Crippen MR) is 65.0 cm³/mol. The van der Waals surface area contributed by atoms with E-state index in [1.54, 1.807) is 0 Å². The maximum absolute atomic E-state index is 6.25. The van der Waals surface area contributed by atoms with E-state index in [1.807, 2.05) is 6.07 Å². The molecule has 0 bridgehead atoms. The van der Waals surface area contributed by atoms with Crippen molar-refractivity contribution in [1.82, 2.24) is 5.32 Å². The number of fused-ring (bicyclic) bond motifs is 3. The third-order valence-electron chi connectivity index (χ3n) is 3.97. The van der Waals surface area contributed by atoms with Crippen molar-refractivity contribution in [2.75, 3.05) is 13.1 Å². The summed E-state index contributed by atoms with van der Waals surface area (Å²) in [4.78, 5) is 0. The average molecular weight is 238 g/mol. The molecule has 2 aliphatic heterocycles. The van der Waals surface area contributed by atoms with E-state index in [4.69, 9.17) is 16.3 Å². The van der Waals surface area contributed by atoms with Gasteiger partial charge >= 0.3 is 0 Å². The van der Waals surface area contributed by atoms with Gasteiger partial charge in [0.1, 0.15) is 0 Å². The lowest BCUT2D eigenvalue weighted by molar-refractivity contribution is -0.0519. The Hall–Kier alpha value is -0.570. The highest BCUT2D eigenvalue weighted by Crippen LogP contribution is 2.44. The Labute approximate surface area is 101 Å². The van der Waals surface area contributed by atoms with E-state index in [-0.39, 0.29) is 5.60 Å². The Bertz CT molecular complexity index is 446. The zero-order valence-electron chi connectivity index (χ0n) is 9.64. The molecule has 16 heavy (non-hydrogen) atoms. The maximum atomic E-state index is 6.25. The van der Waals surface area contributed by atoms with E-state index < -0.39 is 0 Å². The number of hydrogen-bond acceptors (Lipinski definition) is 2. The Morgan fingerprint density at radius 2 is 2.31 bits per heavy atom. The minimum atomic E-state index is -0.0531. The summed E-state index contributed by atoms with van der Waals surface area (Å²) in [6, 6.07) is 4.09. The van der Waals surface area contributed by atoms with Crippen molar-refractivity contribution in [3.05, 3.63) is 33.8 Å². The maximum Gasteiger partial charge on any atom is 0.0863 e. The summed E-state index contributed by atoms with van der Waals surface area (Å²) in [6.07, 6.45) is 0. The van der Waals surface area contributed by atoms with Crippen LogP contribution in [0.3, 0.4) is 0 Å². The van der Waals surface area contributed by atoms with Gasteiger partial charge in [-0.1, -0.05) is 17.7 Å². The first-order chi connectivity index (χ1) is 7.62. The molecule has 0 amide bonds. The van der Waals surface area contributed by atoms with Gasteiger partial charge in [0, 0.05) is 29.6 Å². The van der Waals surface area contributed by atoms with Crippen LogP contribution in [0.15, 0.2) is 12.1 Å². The van der Waals surface area contributed by atoms with Gasteiger partial charge in [-0.15, -0.1) is 0 Å². The molecule has 2 aliphatic rings. The van der Waals surface area contributed by atoms with Gasteiger partial charge in [-0.25, -0.2) is 0 Å². The summed E-state index contributed by atoms with van der Waals surface area (Å²) in [5.41, 5.74) is 3.88. The first-order valence-electron chi connectivity index (χ1n) is 5.74. The molecule has 86 valence electrons. The van der Waals surface area contributed by atoms with Crippen molar-refractivity contribution >= 4 is 11.6 Å². The van der Waals surface area contributed by atoms with Crippen molar-refractivity contribution in [3.63, 3.8) is 0 Å². The molecule has 2 atom stereocenters. The van der Waals surface area contributed by atoms with Crippen LogP contribution in [0.1, 0.15) is 29.5 Å². The largest absolute Gasteiger partial charge is 0.369 e. The highest BCUT2D eigenvalue weighted by molar-refractivity contribution is 6.31. The Balaban J connectivity index is 2.19. The minimum absolute atomic E-state index is 0.0531. The van der Waals surface area contributed by atoms with Gasteiger partial charge in [0.05, 0.1) is 12.2 Å². The molecular weight excluding hydrogens is 222 g/mol. The topological polar surface area (TPSA) is 21.3 Å². The normalized spacial score (nSPS) is 32.3. The summed E-state index contributed by atoms with van der Waals surface area (Å²) in [5, 5.41) is 4.27. The highest BCUT2D eigenvalue weighted by Gasteiger charge is 2.45. The fraction of sp³-hybridized carbons (Fsp3) is 0.538. The van der Waals surface area contributed by atoms with Crippen LogP contribution in [0.2, 0.25) is 5.02 Å². The third-order valence-corrected chi connectivity index (χ3v) is 4.33. The van der Waals surface area contributed by atoms with Crippen molar-refractivity contribution < 1.29 is 4.74 Å². The van der Waals surface area contributed by atoms with Crippen LogP contribution in [-0.4, -0.2) is 18.7 Å². The van der Waals surface area contributed by atoms with Crippen LogP contribution in [-0.2, 0) is 11.3 Å². The molecule has 1 N–H and O–H groups in total. The second kappa shape index (κ2) is 3.46. The fourth-order valence-electron chi connectivity index (χ4n) is 2.99. The summed E-state index contributed by atoms with van der Waals surface area (Å²) >= 11 is 6.25. The summed E-state index contributed by atoms with van der Waals surface area (Å²) in [7, 11) is 0. The molecule has 1 fully saturated rings. The van der Waals surface area contributed by atoms with Gasteiger partial charge in [-0.3, -0.25) is 0 Å². The zero-order chi connectivity index (χ0) is 11.3. The second-order valence-corrected chi connectivity index (χ2v) is 5.45. The molecule has 1 aromatic rings. The van der Waals surface area contributed by atoms with Gasteiger partial charge in [0.25, 0.3) is 0 Å². The average Bonchev–Trinajstić information content (AvgIpc) is 2.64. The molecule has 3 heteroatoms. The van der Waals surface area contributed by atoms with E-state index in [0.717, 1.165) is 18.1 Å².